The van der Waals surface area contributed by atoms with Crippen molar-refractivity contribution in [1.82, 2.24) is 0 Å². The number of cyclic esters (lactones) is 1. The van der Waals surface area contributed by atoms with E-state index in [0.717, 1.165) is 12.2 Å². The SMILES string of the molecule is Cc1cc(O)c2c(c1)C=CC[C@H](O)[C@H](O)C(=O)/C=C\[C@@H](O)[C@H](C)OC2=O. The monoisotopic (exact) mass is 362 g/mol. The fourth-order valence-corrected chi connectivity index (χ4v) is 2.55. The van der Waals surface area contributed by atoms with Crippen LogP contribution in [0.3, 0.4) is 0 Å². The maximum Gasteiger partial charge on any atom is 0.342 e. The maximum atomic E-state index is 12.4. The number of aliphatic hydroxyl groups excluding tert-OH is 3. The number of ether oxygens (including phenoxy) is 1. The number of rotatable bonds is 0. The Morgan fingerprint density at radius 2 is 1.81 bits per heavy atom. The third-order valence-corrected chi connectivity index (χ3v) is 4.06. The Bertz CT molecular complexity index is 750. The number of hydrogen-bond acceptors (Lipinski definition) is 7. The fraction of sp³-hybridized carbons (Fsp3) is 0.368. The summed E-state index contributed by atoms with van der Waals surface area (Å²) in [5.74, 6) is -1.87. The number of carbonyl (C=O) groups excluding carboxylic acids is 2. The standard InChI is InChI=1S/C19H22O7/c1-10-8-12-4-3-5-14(21)18(24)15(22)7-6-13(20)11(2)26-19(25)17(12)16(23)9-10/h3-4,6-9,11,13-14,18,20-21,23-24H,5H2,1-2H3/b4-3?,7-6-/t11-,13+,14-,18-/m0/s1. The Kier molecular flexibility index (Phi) is 6.31. The molecule has 2 rings (SSSR count). The summed E-state index contributed by atoms with van der Waals surface area (Å²) in [7, 11) is 0. The zero-order valence-electron chi connectivity index (χ0n) is 14.5. The number of hydrogen-bond donors (Lipinski definition) is 4. The molecule has 0 amide bonds. The first-order valence-electron chi connectivity index (χ1n) is 8.18. The highest BCUT2D eigenvalue weighted by atomic mass is 16.6. The van der Waals surface area contributed by atoms with E-state index in [9.17, 15) is 30.0 Å². The lowest BCUT2D eigenvalue weighted by molar-refractivity contribution is -0.127. The summed E-state index contributed by atoms with van der Waals surface area (Å²) >= 11 is 0. The molecule has 0 saturated carbocycles. The molecule has 1 aromatic rings. The highest BCUT2D eigenvalue weighted by Crippen LogP contribution is 2.27. The summed E-state index contributed by atoms with van der Waals surface area (Å²) in [5.41, 5.74) is 0.986. The molecule has 0 aromatic heterocycles. The molecule has 7 heteroatoms. The highest BCUT2D eigenvalue weighted by Gasteiger charge is 2.25. The van der Waals surface area contributed by atoms with Gasteiger partial charge in [-0.1, -0.05) is 18.2 Å². The van der Waals surface area contributed by atoms with E-state index in [2.05, 4.69) is 0 Å². The Balaban J connectivity index is 2.48. The van der Waals surface area contributed by atoms with Crippen LogP contribution in [0.2, 0.25) is 0 Å². The summed E-state index contributed by atoms with van der Waals surface area (Å²) in [6.45, 7) is 3.16. The molecule has 4 N–H and O–H groups in total. The Labute approximate surface area is 150 Å². The molecule has 0 spiro atoms. The van der Waals surface area contributed by atoms with Gasteiger partial charge in [-0.2, -0.15) is 0 Å². The van der Waals surface area contributed by atoms with E-state index in [1.165, 1.54) is 25.1 Å². The average Bonchev–Trinajstić information content (AvgIpc) is 2.56. The quantitative estimate of drug-likeness (QED) is 0.505. The Morgan fingerprint density at radius 1 is 1.12 bits per heavy atom. The van der Waals surface area contributed by atoms with Crippen LogP contribution in [-0.4, -0.2) is 56.6 Å². The van der Waals surface area contributed by atoms with Gasteiger partial charge in [0, 0.05) is 0 Å². The van der Waals surface area contributed by atoms with Gasteiger partial charge in [0.2, 0.25) is 0 Å². The second-order valence-corrected chi connectivity index (χ2v) is 6.26. The molecule has 1 heterocycles. The first-order chi connectivity index (χ1) is 12.2. The predicted molar refractivity (Wildman–Crippen MR) is 93.5 cm³/mol. The minimum absolute atomic E-state index is 0.0527. The van der Waals surface area contributed by atoms with Gasteiger partial charge in [-0.25, -0.2) is 4.79 Å². The minimum Gasteiger partial charge on any atom is -0.507 e. The van der Waals surface area contributed by atoms with Gasteiger partial charge >= 0.3 is 5.97 Å². The van der Waals surface area contributed by atoms with Crippen LogP contribution in [-0.2, 0) is 9.53 Å². The fourth-order valence-electron chi connectivity index (χ4n) is 2.55. The van der Waals surface area contributed by atoms with E-state index in [1.54, 1.807) is 13.0 Å². The maximum absolute atomic E-state index is 12.4. The molecular weight excluding hydrogens is 340 g/mol. The molecule has 140 valence electrons. The lowest BCUT2D eigenvalue weighted by Gasteiger charge is -2.19. The number of benzene rings is 1. The zero-order valence-corrected chi connectivity index (χ0v) is 14.5. The van der Waals surface area contributed by atoms with Crippen molar-refractivity contribution in [3.8, 4) is 5.75 Å². The third-order valence-electron chi connectivity index (χ3n) is 4.06. The number of phenols is 1. The Morgan fingerprint density at radius 3 is 2.50 bits per heavy atom. The first-order valence-corrected chi connectivity index (χ1v) is 8.18. The van der Waals surface area contributed by atoms with Crippen LogP contribution in [0.4, 0.5) is 0 Å². The topological polar surface area (TPSA) is 124 Å². The van der Waals surface area contributed by atoms with Crippen molar-refractivity contribution in [2.24, 2.45) is 0 Å². The largest absolute Gasteiger partial charge is 0.507 e. The molecule has 0 aliphatic carbocycles. The summed E-state index contributed by atoms with van der Waals surface area (Å²) < 4.78 is 5.18. The van der Waals surface area contributed by atoms with E-state index >= 15 is 0 Å². The van der Waals surface area contributed by atoms with Crippen molar-refractivity contribution >= 4 is 17.8 Å². The number of carbonyl (C=O) groups is 2. The molecule has 1 aromatic carbocycles. The molecule has 4 atom stereocenters. The summed E-state index contributed by atoms with van der Waals surface area (Å²) in [6, 6.07) is 3.06. The third kappa shape index (κ3) is 4.57. The van der Waals surface area contributed by atoms with Crippen molar-refractivity contribution in [2.45, 2.75) is 44.7 Å². The van der Waals surface area contributed by atoms with Gasteiger partial charge in [0.1, 0.15) is 29.6 Å². The molecule has 1 aliphatic rings. The number of aryl methyl sites for hydroxylation is 1. The molecule has 0 saturated heterocycles. The number of fused-ring (bicyclic) bond motifs is 1. The van der Waals surface area contributed by atoms with E-state index in [0.29, 0.717) is 11.1 Å². The first kappa shape index (κ1) is 19.8. The summed E-state index contributed by atoms with van der Waals surface area (Å²) in [4.78, 5) is 24.3. The van der Waals surface area contributed by atoms with Gasteiger partial charge in [0.05, 0.1) is 6.10 Å². The van der Waals surface area contributed by atoms with Crippen molar-refractivity contribution in [3.05, 3.63) is 47.1 Å². The summed E-state index contributed by atoms with van der Waals surface area (Å²) in [6.07, 6.45) is -0.365. The highest BCUT2D eigenvalue weighted by molar-refractivity contribution is 5.97. The molecule has 0 fully saturated rings. The smallest absolute Gasteiger partial charge is 0.342 e. The van der Waals surface area contributed by atoms with E-state index in [1.807, 2.05) is 0 Å². The molecular formula is C19H22O7. The second kappa shape index (κ2) is 8.27. The lowest BCUT2D eigenvalue weighted by Crippen LogP contribution is -2.33. The number of aliphatic hydroxyl groups is 3. The predicted octanol–water partition coefficient (Wildman–Crippen LogP) is 0.871. The number of aromatic hydroxyl groups is 1. The van der Waals surface area contributed by atoms with Crippen molar-refractivity contribution in [3.63, 3.8) is 0 Å². The molecule has 26 heavy (non-hydrogen) atoms. The molecule has 1 aliphatic heterocycles. The zero-order chi connectivity index (χ0) is 19.4. The number of esters is 1. The average molecular weight is 362 g/mol. The normalized spacial score (nSPS) is 28.8. The van der Waals surface area contributed by atoms with Crippen LogP contribution in [0.5, 0.6) is 5.75 Å². The minimum atomic E-state index is -1.64. The molecule has 0 bridgehead atoms. The van der Waals surface area contributed by atoms with Crippen LogP contribution >= 0.6 is 0 Å². The van der Waals surface area contributed by atoms with Crippen LogP contribution in [0.25, 0.3) is 6.08 Å². The van der Waals surface area contributed by atoms with E-state index in [4.69, 9.17) is 4.74 Å². The van der Waals surface area contributed by atoms with Crippen LogP contribution < -0.4 is 0 Å². The van der Waals surface area contributed by atoms with Crippen molar-refractivity contribution in [1.29, 1.82) is 0 Å². The van der Waals surface area contributed by atoms with Gasteiger partial charge in [0.25, 0.3) is 0 Å². The number of ketones is 1. The summed E-state index contributed by atoms with van der Waals surface area (Å²) in [5, 5.41) is 39.9. The van der Waals surface area contributed by atoms with Crippen LogP contribution in [0.15, 0.2) is 30.4 Å². The van der Waals surface area contributed by atoms with Crippen molar-refractivity contribution < 1.29 is 34.8 Å². The van der Waals surface area contributed by atoms with Gasteiger partial charge in [-0.15, -0.1) is 0 Å². The van der Waals surface area contributed by atoms with Gasteiger partial charge in [-0.05, 0) is 49.6 Å². The second-order valence-electron chi connectivity index (χ2n) is 6.26. The molecule has 0 unspecified atom stereocenters. The van der Waals surface area contributed by atoms with E-state index < -0.39 is 36.2 Å². The van der Waals surface area contributed by atoms with Gasteiger partial charge in [0.15, 0.2) is 5.78 Å². The molecule has 7 nitrogen and oxygen atoms in total. The van der Waals surface area contributed by atoms with Crippen molar-refractivity contribution in [2.75, 3.05) is 0 Å². The molecule has 0 radical (unpaired) electrons. The van der Waals surface area contributed by atoms with Crippen LogP contribution in [0.1, 0.15) is 34.8 Å². The van der Waals surface area contributed by atoms with Gasteiger partial charge in [-0.3, -0.25) is 4.79 Å². The van der Waals surface area contributed by atoms with Crippen LogP contribution in [0, 0.1) is 6.92 Å². The lowest BCUT2D eigenvalue weighted by atomic mass is 10.00. The Hall–Kier alpha value is -2.48. The van der Waals surface area contributed by atoms with Gasteiger partial charge < -0.3 is 25.2 Å². The number of phenolic OH excluding ortho intramolecular Hbond substituents is 1. The van der Waals surface area contributed by atoms with E-state index in [-0.39, 0.29) is 17.7 Å².